The summed E-state index contributed by atoms with van der Waals surface area (Å²) in [6, 6.07) is 17.9. The second-order valence-electron chi connectivity index (χ2n) is 5.65. The molecule has 124 valence electrons. The molecule has 0 unspecified atom stereocenters. The number of hydrogen-bond acceptors (Lipinski definition) is 3. The van der Waals surface area contributed by atoms with Crippen molar-refractivity contribution in [3.8, 4) is 11.1 Å². The third kappa shape index (κ3) is 3.39. The number of nitrogens with zero attached hydrogens (tertiary/aromatic N) is 1. The highest BCUT2D eigenvalue weighted by molar-refractivity contribution is 7.89. The first-order valence-corrected chi connectivity index (χ1v) is 9.11. The summed E-state index contributed by atoms with van der Waals surface area (Å²) in [4.78, 5) is 0.225. The predicted octanol–water partition coefficient (Wildman–Crippen LogP) is 3.17. The first kappa shape index (κ1) is 16.4. The number of hydrogen-bond donors (Lipinski definition) is 2. The summed E-state index contributed by atoms with van der Waals surface area (Å²) in [5.41, 5.74) is 4.15. The van der Waals surface area contributed by atoms with Crippen molar-refractivity contribution < 1.29 is 8.42 Å². The zero-order valence-corrected chi connectivity index (χ0v) is 14.4. The zero-order valence-electron chi connectivity index (χ0n) is 13.6. The van der Waals surface area contributed by atoms with E-state index in [1.807, 2.05) is 54.6 Å². The highest BCUT2D eigenvalue weighted by Gasteiger charge is 2.21. The molecular formula is C18H19N3O2S. The fourth-order valence-corrected chi connectivity index (χ4v) is 4.02. The average molecular weight is 341 g/mol. The number of H-pyrrole nitrogens is 1. The summed E-state index contributed by atoms with van der Waals surface area (Å²) in [5.74, 6) is 0. The summed E-state index contributed by atoms with van der Waals surface area (Å²) in [5, 5.41) is 6.64. The molecule has 6 heteroatoms. The Labute approximate surface area is 141 Å². The molecule has 1 aromatic heterocycles. The molecule has 2 aromatic carbocycles. The number of benzene rings is 2. The Bertz CT molecular complexity index is 911. The van der Waals surface area contributed by atoms with Crippen LogP contribution in [0.15, 0.2) is 59.5 Å². The van der Waals surface area contributed by atoms with E-state index in [0.29, 0.717) is 11.4 Å². The molecule has 3 aromatic rings. The van der Waals surface area contributed by atoms with Gasteiger partial charge in [-0.25, -0.2) is 13.1 Å². The van der Waals surface area contributed by atoms with Gasteiger partial charge in [0.25, 0.3) is 0 Å². The lowest BCUT2D eigenvalue weighted by Crippen LogP contribution is -2.24. The van der Waals surface area contributed by atoms with E-state index >= 15 is 0 Å². The Hall–Kier alpha value is -2.44. The Balaban J connectivity index is 1.73. The molecule has 0 saturated carbocycles. The fourth-order valence-electron chi connectivity index (χ4n) is 2.63. The molecule has 1 heterocycles. The molecule has 0 aliphatic carbocycles. The van der Waals surface area contributed by atoms with Crippen molar-refractivity contribution in [2.75, 3.05) is 0 Å². The molecule has 0 atom stereocenters. The maximum atomic E-state index is 12.4. The standard InChI is InChI=1S/C18H19N3O2S/c1-13-18(14(2)21-20-13)24(22,23)19-12-15-8-10-17(11-9-15)16-6-4-3-5-7-16/h3-11,19H,12H2,1-2H3,(H,20,21). The van der Waals surface area contributed by atoms with Crippen LogP contribution in [0.1, 0.15) is 17.0 Å². The maximum Gasteiger partial charge on any atom is 0.244 e. The van der Waals surface area contributed by atoms with Crippen LogP contribution >= 0.6 is 0 Å². The van der Waals surface area contributed by atoms with E-state index in [1.54, 1.807) is 13.8 Å². The average Bonchev–Trinajstić information content (AvgIpc) is 2.94. The van der Waals surface area contributed by atoms with Gasteiger partial charge in [-0.2, -0.15) is 5.10 Å². The van der Waals surface area contributed by atoms with E-state index in [9.17, 15) is 8.42 Å². The second kappa shape index (κ2) is 6.59. The number of aryl methyl sites for hydroxylation is 2. The molecule has 24 heavy (non-hydrogen) atoms. The molecule has 0 radical (unpaired) electrons. The van der Waals surface area contributed by atoms with Gasteiger partial charge < -0.3 is 0 Å². The molecule has 2 N–H and O–H groups in total. The minimum Gasteiger partial charge on any atom is -0.281 e. The lowest BCUT2D eigenvalue weighted by Gasteiger charge is -2.08. The Kier molecular flexibility index (Phi) is 4.51. The van der Waals surface area contributed by atoms with Gasteiger partial charge in [0.15, 0.2) is 0 Å². The number of aromatic nitrogens is 2. The van der Waals surface area contributed by atoms with E-state index in [-0.39, 0.29) is 11.4 Å². The van der Waals surface area contributed by atoms with Crippen LogP contribution < -0.4 is 4.72 Å². The van der Waals surface area contributed by atoms with Gasteiger partial charge in [-0.1, -0.05) is 54.6 Å². The van der Waals surface area contributed by atoms with Gasteiger partial charge in [-0.15, -0.1) is 0 Å². The van der Waals surface area contributed by atoms with Crippen molar-refractivity contribution in [1.29, 1.82) is 0 Å². The number of aromatic amines is 1. The van der Waals surface area contributed by atoms with Crippen LogP contribution in [-0.2, 0) is 16.6 Å². The van der Waals surface area contributed by atoms with Crippen LogP contribution in [0.2, 0.25) is 0 Å². The Morgan fingerprint density at radius 2 is 1.58 bits per heavy atom. The van der Waals surface area contributed by atoms with Gasteiger partial charge >= 0.3 is 0 Å². The summed E-state index contributed by atoms with van der Waals surface area (Å²) in [6.07, 6.45) is 0. The molecule has 3 rings (SSSR count). The third-order valence-corrected chi connectivity index (χ3v) is 5.52. The van der Waals surface area contributed by atoms with Crippen molar-refractivity contribution in [3.63, 3.8) is 0 Å². The highest BCUT2D eigenvalue weighted by Crippen LogP contribution is 2.20. The largest absolute Gasteiger partial charge is 0.281 e. The van der Waals surface area contributed by atoms with Gasteiger partial charge in [-0.3, -0.25) is 5.10 Å². The smallest absolute Gasteiger partial charge is 0.244 e. The lowest BCUT2D eigenvalue weighted by atomic mass is 10.0. The van der Waals surface area contributed by atoms with Crippen LogP contribution in [0.25, 0.3) is 11.1 Å². The van der Waals surface area contributed by atoms with E-state index < -0.39 is 10.0 Å². The molecule has 0 amide bonds. The molecule has 0 aliphatic heterocycles. The highest BCUT2D eigenvalue weighted by atomic mass is 32.2. The minimum absolute atomic E-state index is 0.225. The van der Waals surface area contributed by atoms with Crippen molar-refractivity contribution >= 4 is 10.0 Å². The third-order valence-electron chi connectivity index (χ3n) is 3.86. The van der Waals surface area contributed by atoms with Gasteiger partial charge in [0.2, 0.25) is 10.0 Å². The van der Waals surface area contributed by atoms with Crippen LogP contribution in [0, 0.1) is 13.8 Å². The molecule has 0 bridgehead atoms. The van der Waals surface area contributed by atoms with Gasteiger partial charge in [0, 0.05) is 6.54 Å². The van der Waals surface area contributed by atoms with E-state index in [1.165, 1.54) is 0 Å². The van der Waals surface area contributed by atoms with Crippen molar-refractivity contribution in [2.45, 2.75) is 25.3 Å². The Morgan fingerprint density at radius 1 is 0.958 bits per heavy atom. The van der Waals surface area contributed by atoms with Gasteiger partial charge in [0.1, 0.15) is 4.90 Å². The zero-order chi connectivity index (χ0) is 17.2. The van der Waals surface area contributed by atoms with E-state index in [0.717, 1.165) is 16.7 Å². The molecule has 0 saturated heterocycles. The normalized spacial score (nSPS) is 11.6. The summed E-state index contributed by atoms with van der Waals surface area (Å²) in [6.45, 7) is 3.61. The summed E-state index contributed by atoms with van der Waals surface area (Å²) >= 11 is 0. The fraction of sp³-hybridized carbons (Fsp3) is 0.167. The summed E-state index contributed by atoms with van der Waals surface area (Å²) in [7, 11) is -3.58. The van der Waals surface area contributed by atoms with Crippen LogP contribution in [0.3, 0.4) is 0 Å². The van der Waals surface area contributed by atoms with Crippen LogP contribution in [-0.4, -0.2) is 18.6 Å². The quantitative estimate of drug-likeness (QED) is 0.748. The number of sulfonamides is 1. The topological polar surface area (TPSA) is 74.8 Å². The molecule has 5 nitrogen and oxygen atoms in total. The second-order valence-corrected chi connectivity index (χ2v) is 7.35. The molecule has 0 aliphatic rings. The van der Waals surface area contributed by atoms with E-state index in [4.69, 9.17) is 0 Å². The molecular weight excluding hydrogens is 322 g/mol. The molecule has 0 spiro atoms. The van der Waals surface area contributed by atoms with Crippen molar-refractivity contribution in [3.05, 3.63) is 71.5 Å². The first-order valence-electron chi connectivity index (χ1n) is 7.63. The lowest BCUT2D eigenvalue weighted by molar-refractivity contribution is 0.580. The SMILES string of the molecule is Cc1n[nH]c(C)c1S(=O)(=O)NCc1ccc(-c2ccccc2)cc1. The van der Waals surface area contributed by atoms with E-state index in [2.05, 4.69) is 14.9 Å². The monoisotopic (exact) mass is 341 g/mol. The van der Waals surface area contributed by atoms with Crippen molar-refractivity contribution in [2.24, 2.45) is 0 Å². The Morgan fingerprint density at radius 3 is 2.17 bits per heavy atom. The van der Waals surface area contributed by atoms with Gasteiger partial charge in [0.05, 0.1) is 11.4 Å². The first-order chi connectivity index (χ1) is 11.5. The maximum absolute atomic E-state index is 12.4. The van der Waals surface area contributed by atoms with Gasteiger partial charge in [-0.05, 0) is 30.5 Å². The molecule has 0 fully saturated rings. The number of nitrogens with one attached hydrogen (secondary N) is 2. The van der Waals surface area contributed by atoms with Crippen LogP contribution in [0.5, 0.6) is 0 Å². The number of rotatable bonds is 5. The van der Waals surface area contributed by atoms with Crippen molar-refractivity contribution in [1.82, 2.24) is 14.9 Å². The predicted molar refractivity (Wildman–Crippen MR) is 94.0 cm³/mol. The summed E-state index contributed by atoms with van der Waals surface area (Å²) < 4.78 is 27.5. The van der Waals surface area contributed by atoms with Crippen LogP contribution in [0.4, 0.5) is 0 Å². The minimum atomic E-state index is -3.58.